The number of nitrogens with zero attached hydrogens (tertiary/aromatic N) is 6. The smallest absolute Gasteiger partial charge is 0.407 e. The molecule has 1 fully saturated rings. The Bertz CT molecular complexity index is 1370. The summed E-state index contributed by atoms with van der Waals surface area (Å²) < 4.78 is 19.2. The summed E-state index contributed by atoms with van der Waals surface area (Å²) in [5.41, 5.74) is -1.33. The van der Waals surface area contributed by atoms with E-state index in [1.807, 2.05) is 6.07 Å². The maximum atomic E-state index is 14.1. The monoisotopic (exact) mass is 566 g/mol. The Morgan fingerprint density at radius 3 is 2.74 bits per heavy atom. The van der Waals surface area contributed by atoms with E-state index in [4.69, 9.17) is 33.2 Å². The van der Waals surface area contributed by atoms with Crippen LogP contribution in [-0.2, 0) is 27.8 Å². The van der Waals surface area contributed by atoms with Gasteiger partial charge in [-0.2, -0.15) is 10.2 Å². The van der Waals surface area contributed by atoms with Gasteiger partial charge in [-0.15, -0.1) is 0 Å². The molecule has 1 saturated heterocycles. The summed E-state index contributed by atoms with van der Waals surface area (Å²) in [4.78, 5) is 47.2. The van der Waals surface area contributed by atoms with Crippen LogP contribution in [0.25, 0.3) is 0 Å². The standard InChI is InChI=1S/C23H21Cl2FN6O6/c1-38-20(33)23(6-4-13-14(23)2-3-15(26)17(13)24)10-16-18(32(36)37)19(29-21(25)28-16)30-8-9-31(22(34)35)12(11-30)5-7-27/h2-3,12H,4-6,8-11H2,1H3,(H,34,35)/t12-,23?/m0/s1. The van der Waals surface area contributed by atoms with Crippen molar-refractivity contribution in [3.05, 3.63) is 55.2 Å². The molecule has 4 rings (SSSR count). The lowest BCUT2D eigenvalue weighted by Crippen LogP contribution is -2.55. The number of hydrogen-bond acceptors (Lipinski definition) is 9. The Morgan fingerprint density at radius 1 is 1.37 bits per heavy atom. The number of nitro groups is 1. The van der Waals surface area contributed by atoms with E-state index in [2.05, 4.69) is 9.97 Å². The zero-order valence-corrected chi connectivity index (χ0v) is 21.5. The normalized spacial score (nSPS) is 20.6. The molecule has 0 spiro atoms. The fourth-order valence-corrected chi connectivity index (χ4v) is 5.72. The molecule has 38 heavy (non-hydrogen) atoms. The van der Waals surface area contributed by atoms with Gasteiger partial charge in [0.2, 0.25) is 11.1 Å². The molecule has 0 saturated carbocycles. The summed E-state index contributed by atoms with van der Waals surface area (Å²) in [6, 6.07) is 3.70. The van der Waals surface area contributed by atoms with Gasteiger partial charge in [-0.3, -0.25) is 14.9 Å². The topological polar surface area (TPSA) is 163 Å². The minimum absolute atomic E-state index is 0.0284. The number of carbonyl (C=O) groups is 2. The highest BCUT2D eigenvalue weighted by atomic mass is 35.5. The second-order valence-corrected chi connectivity index (χ2v) is 9.66. The first-order chi connectivity index (χ1) is 18.0. The van der Waals surface area contributed by atoms with Crippen molar-refractivity contribution in [3.8, 4) is 6.07 Å². The summed E-state index contributed by atoms with van der Waals surface area (Å²) >= 11 is 12.4. The molecule has 2 atom stereocenters. The van der Waals surface area contributed by atoms with Gasteiger partial charge in [-0.05, 0) is 41.6 Å². The average molecular weight is 567 g/mol. The molecule has 1 aromatic carbocycles. The molecule has 1 unspecified atom stereocenters. The van der Waals surface area contributed by atoms with Crippen LogP contribution in [0.15, 0.2) is 12.1 Å². The fourth-order valence-electron chi connectivity index (χ4n) is 5.28. The van der Waals surface area contributed by atoms with Crippen LogP contribution in [0.4, 0.5) is 20.7 Å². The summed E-state index contributed by atoms with van der Waals surface area (Å²) in [5.74, 6) is -1.51. The van der Waals surface area contributed by atoms with Gasteiger partial charge in [0.1, 0.15) is 11.5 Å². The largest absolute Gasteiger partial charge is 0.468 e. The third kappa shape index (κ3) is 4.65. The molecule has 2 heterocycles. The minimum Gasteiger partial charge on any atom is -0.468 e. The molecule has 1 N–H and O–H groups in total. The van der Waals surface area contributed by atoms with Crippen molar-refractivity contribution in [3.63, 3.8) is 0 Å². The van der Waals surface area contributed by atoms with Crippen molar-refractivity contribution in [2.45, 2.75) is 37.1 Å². The van der Waals surface area contributed by atoms with E-state index < -0.39 is 39.9 Å². The minimum atomic E-state index is -1.45. The van der Waals surface area contributed by atoms with Crippen molar-refractivity contribution in [1.29, 1.82) is 5.26 Å². The van der Waals surface area contributed by atoms with Crippen molar-refractivity contribution in [2.24, 2.45) is 0 Å². The van der Waals surface area contributed by atoms with Crippen LogP contribution in [0.3, 0.4) is 0 Å². The van der Waals surface area contributed by atoms with Crippen LogP contribution in [0.2, 0.25) is 10.3 Å². The molecular weight excluding hydrogens is 546 g/mol. The highest BCUT2D eigenvalue weighted by Gasteiger charge is 2.49. The van der Waals surface area contributed by atoms with Crippen LogP contribution < -0.4 is 4.90 Å². The summed E-state index contributed by atoms with van der Waals surface area (Å²) in [7, 11) is 1.18. The van der Waals surface area contributed by atoms with E-state index in [1.54, 1.807) is 0 Å². The van der Waals surface area contributed by atoms with Crippen LogP contribution in [0, 0.1) is 27.3 Å². The predicted molar refractivity (Wildman–Crippen MR) is 132 cm³/mol. The number of anilines is 1. The molecule has 0 radical (unpaired) electrons. The molecule has 15 heteroatoms. The number of carbonyl (C=O) groups excluding carboxylic acids is 1. The van der Waals surface area contributed by atoms with E-state index in [-0.39, 0.29) is 67.1 Å². The van der Waals surface area contributed by atoms with Gasteiger partial charge in [0.15, 0.2) is 0 Å². The second kappa shape index (κ2) is 10.5. The van der Waals surface area contributed by atoms with Gasteiger partial charge >= 0.3 is 17.7 Å². The molecule has 1 aliphatic heterocycles. The molecule has 200 valence electrons. The van der Waals surface area contributed by atoms with E-state index >= 15 is 0 Å². The maximum Gasteiger partial charge on any atom is 0.407 e. The van der Waals surface area contributed by atoms with Gasteiger partial charge in [0.25, 0.3) is 0 Å². The van der Waals surface area contributed by atoms with Gasteiger partial charge < -0.3 is 19.6 Å². The number of rotatable bonds is 6. The SMILES string of the molecule is COC(=O)C1(Cc2nc(Cl)nc(N3CCN(C(=O)O)[C@@H](CC#N)C3)c2[N+](=O)[O-])CCc2c1ccc(F)c2Cl. The lowest BCUT2D eigenvalue weighted by atomic mass is 9.77. The van der Waals surface area contributed by atoms with Gasteiger partial charge in [0.05, 0.1) is 41.0 Å². The van der Waals surface area contributed by atoms with Crippen molar-refractivity contribution in [1.82, 2.24) is 14.9 Å². The lowest BCUT2D eigenvalue weighted by molar-refractivity contribution is -0.385. The fraction of sp³-hybridized carbons (Fsp3) is 0.435. The van der Waals surface area contributed by atoms with E-state index in [0.29, 0.717) is 11.1 Å². The van der Waals surface area contributed by atoms with E-state index in [1.165, 1.54) is 18.1 Å². The molecule has 1 amide bonds. The first-order valence-electron chi connectivity index (χ1n) is 11.4. The summed E-state index contributed by atoms with van der Waals surface area (Å²) in [6.07, 6.45) is -1.30. The first-order valence-corrected chi connectivity index (χ1v) is 12.2. The van der Waals surface area contributed by atoms with Crippen LogP contribution in [0.1, 0.15) is 29.7 Å². The van der Waals surface area contributed by atoms with Crippen LogP contribution in [-0.4, -0.2) is 69.7 Å². The predicted octanol–water partition coefficient (Wildman–Crippen LogP) is 3.51. The molecule has 2 aliphatic rings. The Kier molecular flexibility index (Phi) is 7.57. The molecular formula is C23H21Cl2FN6O6. The van der Waals surface area contributed by atoms with Gasteiger partial charge in [-0.25, -0.2) is 14.2 Å². The van der Waals surface area contributed by atoms with Crippen molar-refractivity contribution in [2.75, 3.05) is 31.6 Å². The Hall–Kier alpha value is -3.76. The quantitative estimate of drug-likeness (QED) is 0.237. The summed E-state index contributed by atoms with van der Waals surface area (Å²) in [5, 5.41) is 30.5. The number of carboxylic acid groups (broad SMARTS) is 1. The van der Waals surface area contributed by atoms with Gasteiger partial charge in [-0.1, -0.05) is 17.7 Å². The number of amides is 1. The number of benzene rings is 1. The first kappa shape index (κ1) is 27.3. The summed E-state index contributed by atoms with van der Waals surface area (Å²) in [6.45, 7) is -0.0333. The Morgan fingerprint density at radius 2 is 2.11 bits per heavy atom. The van der Waals surface area contributed by atoms with E-state index in [9.17, 15) is 29.2 Å². The number of methoxy groups -OCH3 is 1. The number of esters is 1. The number of aromatic nitrogens is 2. The number of hydrogen-bond donors (Lipinski definition) is 1. The van der Waals surface area contributed by atoms with Crippen molar-refractivity contribution >= 4 is 46.8 Å². The number of nitriles is 1. The zero-order valence-electron chi connectivity index (χ0n) is 20.0. The highest BCUT2D eigenvalue weighted by Crippen LogP contribution is 2.47. The number of halogens is 3. The van der Waals surface area contributed by atoms with Gasteiger partial charge in [0, 0.05) is 26.1 Å². The van der Waals surface area contributed by atoms with Crippen LogP contribution in [0.5, 0.6) is 0 Å². The molecule has 0 bridgehead atoms. The number of fused-ring (bicyclic) bond motifs is 1. The maximum absolute atomic E-state index is 14.1. The second-order valence-electron chi connectivity index (χ2n) is 8.94. The number of piperazine rings is 1. The Balaban J connectivity index is 1.82. The third-order valence-corrected chi connectivity index (χ3v) is 7.58. The Labute approximate surface area is 225 Å². The third-order valence-electron chi connectivity index (χ3n) is 7.01. The molecule has 2 aromatic rings. The average Bonchev–Trinajstić information content (AvgIpc) is 3.24. The zero-order chi connectivity index (χ0) is 27.8. The molecule has 1 aromatic heterocycles. The van der Waals surface area contributed by atoms with Crippen LogP contribution >= 0.6 is 23.2 Å². The van der Waals surface area contributed by atoms with Crippen molar-refractivity contribution < 1.29 is 28.7 Å². The lowest BCUT2D eigenvalue weighted by Gasteiger charge is -2.39. The highest BCUT2D eigenvalue weighted by molar-refractivity contribution is 6.31. The molecule has 1 aliphatic carbocycles. The molecule has 12 nitrogen and oxygen atoms in total. The number of ether oxygens (including phenoxy) is 1. The van der Waals surface area contributed by atoms with E-state index in [0.717, 1.165) is 11.0 Å².